The lowest BCUT2D eigenvalue weighted by Gasteiger charge is -2.12. The zero-order valence-electron chi connectivity index (χ0n) is 7.90. The SMILES string of the molecule is COC(=O)c1c(C)c(I)c(O)c(I)c1I. The van der Waals surface area contributed by atoms with Crippen LogP contribution in [0.2, 0.25) is 0 Å². The molecule has 1 aromatic carbocycles. The van der Waals surface area contributed by atoms with E-state index in [0.717, 1.165) is 9.13 Å². The average Bonchev–Trinajstić information content (AvgIpc) is 2.23. The molecule has 0 aliphatic carbocycles. The molecule has 0 spiro atoms. The Morgan fingerprint density at radius 1 is 1.20 bits per heavy atom. The van der Waals surface area contributed by atoms with Gasteiger partial charge in [-0.3, -0.25) is 0 Å². The van der Waals surface area contributed by atoms with E-state index in [-0.39, 0.29) is 11.7 Å². The van der Waals surface area contributed by atoms with E-state index in [4.69, 9.17) is 4.74 Å². The largest absolute Gasteiger partial charge is 0.506 e. The van der Waals surface area contributed by atoms with Crippen LogP contribution < -0.4 is 0 Å². The van der Waals surface area contributed by atoms with Crippen molar-refractivity contribution in [2.75, 3.05) is 7.11 Å². The summed E-state index contributed by atoms with van der Waals surface area (Å²) < 4.78 is 6.82. The lowest BCUT2D eigenvalue weighted by atomic mass is 10.1. The second-order valence-electron chi connectivity index (χ2n) is 2.78. The third-order valence-electron chi connectivity index (χ3n) is 1.92. The Labute approximate surface area is 128 Å². The quantitative estimate of drug-likeness (QED) is 0.336. The molecule has 0 aliphatic heterocycles. The number of hydrogen-bond donors (Lipinski definition) is 1. The predicted molar refractivity (Wildman–Crippen MR) is 82.3 cm³/mol. The van der Waals surface area contributed by atoms with Gasteiger partial charge in [-0.25, -0.2) is 4.79 Å². The monoisotopic (exact) mass is 544 g/mol. The molecule has 0 aromatic heterocycles. The van der Waals surface area contributed by atoms with Crippen molar-refractivity contribution in [2.45, 2.75) is 6.92 Å². The summed E-state index contributed by atoms with van der Waals surface area (Å²) in [6, 6.07) is 0. The number of phenols is 1. The first-order valence-electron chi connectivity index (χ1n) is 3.86. The molecule has 1 rings (SSSR count). The number of halogens is 3. The highest BCUT2D eigenvalue weighted by Gasteiger charge is 2.22. The lowest BCUT2D eigenvalue weighted by Crippen LogP contribution is -2.09. The number of hydrogen-bond acceptors (Lipinski definition) is 3. The van der Waals surface area contributed by atoms with Crippen LogP contribution in [-0.2, 0) is 4.74 Å². The highest BCUT2D eigenvalue weighted by Crippen LogP contribution is 2.35. The standard InChI is InChI=1S/C9H7I3O3/c1-3-4(9(14)15-2)6(11)7(12)8(13)5(3)10/h13H,1-2H3. The third-order valence-corrected chi connectivity index (χ3v) is 6.40. The molecule has 0 bridgehead atoms. The van der Waals surface area contributed by atoms with E-state index >= 15 is 0 Å². The Balaban J connectivity index is 3.60. The Morgan fingerprint density at radius 2 is 1.73 bits per heavy atom. The molecule has 0 heterocycles. The second kappa shape index (κ2) is 5.34. The van der Waals surface area contributed by atoms with Crippen LogP contribution >= 0.6 is 67.8 Å². The van der Waals surface area contributed by atoms with Gasteiger partial charge in [0.15, 0.2) is 0 Å². The van der Waals surface area contributed by atoms with Crippen LogP contribution in [-0.4, -0.2) is 18.2 Å². The summed E-state index contributed by atoms with van der Waals surface area (Å²) in [5.41, 5.74) is 1.29. The summed E-state index contributed by atoms with van der Waals surface area (Å²) >= 11 is 6.08. The molecule has 0 amide bonds. The fourth-order valence-electron chi connectivity index (χ4n) is 1.11. The van der Waals surface area contributed by atoms with Crippen molar-refractivity contribution in [3.8, 4) is 5.75 Å². The van der Waals surface area contributed by atoms with Crippen LogP contribution in [0.5, 0.6) is 5.75 Å². The van der Waals surface area contributed by atoms with Crippen LogP contribution in [0.1, 0.15) is 15.9 Å². The maximum absolute atomic E-state index is 11.6. The van der Waals surface area contributed by atoms with Gasteiger partial charge in [0.2, 0.25) is 0 Å². The molecule has 0 atom stereocenters. The van der Waals surface area contributed by atoms with Gasteiger partial charge >= 0.3 is 5.97 Å². The molecule has 1 N–H and O–H groups in total. The summed E-state index contributed by atoms with van der Waals surface area (Å²) in [6.45, 7) is 1.80. The van der Waals surface area contributed by atoms with Crippen LogP contribution in [0.15, 0.2) is 0 Å². The maximum atomic E-state index is 11.6. The van der Waals surface area contributed by atoms with E-state index in [9.17, 15) is 9.90 Å². The summed E-state index contributed by atoms with van der Waals surface area (Å²) in [7, 11) is 1.35. The first kappa shape index (κ1) is 13.7. The smallest absolute Gasteiger partial charge is 0.339 e. The Hall–Kier alpha value is 0.680. The van der Waals surface area contributed by atoms with Gasteiger partial charge in [-0.1, -0.05) is 0 Å². The van der Waals surface area contributed by atoms with E-state index in [1.54, 1.807) is 6.92 Å². The van der Waals surface area contributed by atoms with E-state index in [0.29, 0.717) is 12.7 Å². The molecule has 0 saturated heterocycles. The van der Waals surface area contributed by atoms with Gasteiger partial charge in [-0.2, -0.15) is 0 Å². The lowest BCUT2D eigenvalue weighted by molar-refractivity contribution is 0.0598. The number of esters is 1. The van der Waals surface area contributed by atoms with E-state index in [1.807, 2.05) is 67.8 Å². The van der Waals surface area contributed by atoms with Crippen molar-refractivity contribution >= 4 is 73.7 Å². The van der Waals surface area contributed by atoms with Gasteiger partial charge in [-0.15, -0.1) is 0 Å². The van der Waals surface area contributed by atoms with Crippen molar-refractivity contribution in [2.24, 2.45) is 0 Å². The maximum Gasteiger partial charge on any atom is 0.339 e. The predicted octanol–water partition coefficient (Wildman–Crippen LogP) is 3.30. The molecular formula is C9H7I3O3. The normalized spacial score (nSPS) is 10.2. The third kappa shape index (κ3) is 2.51. The average molecular weight is 544 g/mol. The zero-order valence-corrected chi connectivity index (χ0v) is 14.4. The topological polar surface area (TPSA) is 46.5 Å². The van der Waals surface area contributed by atoms with Crippen molar-refractivity contribution in [1.29, 1.82) is 0 Å². The van der Waals surface area contributed by atoms with Crippen LogP contribution in [0.3, 0.4) is 0 Å². The number of carbonyl (C=O) groups is 1. The van der Waals surface area contributed by atoms with E-state index in [2.05, 4.69) is 0 Å². The van der Waals surface area contributed by atoms with Crippen molar-refractivity contribution < 1.29 is 14.6 Å². The van der Waals surface area contributed by atoms with Gasteiger partial charge in [0, 0.05) is 3.57 Å². The zero-order chi connectivity index (χ0) is 11.7. The van der Waals surface area contributed by atoms with Gasteiger partial charge in [0.25, 0.3) is 0 Å². The number of phenolic OH excluding ortho intramolecular Hbond substituents is 1. The van der Waals surface area contributed by atoms with Gasteiger partial charge in [0.05, 0.1) is 19.8 Å². The van der Waals surface area contributed by atoms with Crippen molar-refractivity contribution in [3.05, 3.63) is 21.8 Å². The van der Waals surface area contributed by atoms with Crippen molar-refractivity contribution in [3.63, 3.8) is 0 Å². The van der Waals surface area contributed by atoms with Crippen LogP contribution in [0.4, 0.5) is 0 Å². The first-order valence-corrected chi connectivity index (χ1v) is 7.09. The fourth-order valence-corrected chi connectivity index (χ4v) is 3.58. The van der Waals surface area contributed by atoms with Crippen LogP contribution in [0, 0.1) is 17.6 Å². The molecule has 1 aromatic rings. The molecular weight excluding hydrogens is 537 g/mol. The Kier molecular flexibility index (Phi) is 4.89. The molecule has 15 heavy (non-hydrogen) atoms. The molecule has 0 unspecified atom stereocenters. The Morgan fingerprint density at radius 3 is 2.20 bits per heavy atom. The van der Waals surface area contributed by atoms with E-state index in [1.165, 1.54) is 7.11 Å². The number of carbonyl (C=O) groups excluding carboxylic acids is 1. The fraction of sp³-hybridized carbons (Fsp3) is 0.222. The number of benzene rings is 1. The molecule has 82 valence electrons. The molecule has 0 saturated carbocycles. The second-order valence-corrected chi connectivity index (χ2v) is 6.02. The number of aromatic hydroxyl groups is 1. The highest BCUT2D eigenvalue weighted by atomic mass is 127. The molecule has 3 nitrogen and oxygen atoms in total. The summed E-state index contributed by atoms with van der Waals surface area (Å²) in [6.07, 6.45) is 0. The highest BCUT2D eigenvalue weighted by molar-refractivity contribution is 14.1. The molecule has 6 heteroatoms. The number of methoxy groups -OCH3 is 1. The molecule has 0 fully saturated rings. The Bertz CT molecular complexity index is 400. The van der Waals surface area contributed by atoms with Gasteiger partial charge in [-0.05, 0) is 80.3 Å². The summed E-state index contributed by atoms with van der Waals surface area (Å²) in [4.78, 5) is 11.6. The minimum atomic E-state index is -0.368. The molecule has 0 aliphatic rings. The minimum Gasteiger partial charge on any atom is -0.506 e. The van der Waals surface area contributed by atoms with Gasteiger partial charge < -0.3 is 9.84 Å². The number of rotatable bonds is 1. The minimum absolute atomic E-state index is 0.228. The first-order chi connectivity index (χ1) is 6.91. The van der Waals surface area contributed by atoms with E-state index < -0.39 is 0 Å². The van der Waals surface area contributed by atoms with Gasteiger partial charge in [0.1, 0.15) is 5.75 Å². The number of ether oxygens (including phenoxy) is 1. The molecule has 0 radical (unpaired) electrons. The summed E-state index contributed by atoms with van der Waals surface area (Å²) in [5.74, 6) is -0.140. The summed E-state index contributed by atoms with van der Waals surface area (Å²) in [5, 5.41) is 9.77. The van der Waals surface area contributed by atoms with Crippen LogP contribution in [0.25, 0.3) is 0 Å². The van der Waals surface area contributed by atoms with Crippen molar-refractivity contribution in [1.82, 2.24) is 0 Å².